The lowest BCUT2D eigenvalue weighted by Crippen LogP contribution is -2.24. The Labute approximate surface area is 152 Å². The number of nitrogens with zero attached hydrogens (tertiary/aromatic N) is 1. The molecule has 2 N–H and O–H groups in total. The molecule has 0 bridgehead atoms. The Morgan fingerprint density at radius 2 is 2.08 bits per heavy atom. The summed E-state index contributed by atoms with van der Waals surface area (Å²) in [5.74, 6) is 0.659. The SMILES string of the molecule is Cc1c(C(=O)Nc2cccc3cccnc23)oc2c1C(O)CC(C)(C)C2. The maximum atomic E-state index is 12.9. The number of aromatic nitrogens is 1. The average Bonchev–Trinajstić information content (AvgIpc) is 2.90. The molecule has 2 heterocycles. The molecule has 1 aromatic carbocycles. The quantitative estimate of drug-likeness (QED) is 0.718. The molecule has 1 aliphatic carbocycles. The summed E-state index contributed by atoms with van der Waals surface area (Å²) < 4.78 is 5.90. The van der Waals surface area contributed by atoms with Crippen molar-refractivity contribution in [3.63, 3.8) is 0 Å². The number of aliphatic hydroxyl groups excluding tert-OH is 1. The van der Waals surface area contributed by atoms with E-state index in [2.05, 4.69) is 24.1 Å². The maximum Gasteiger partial charge on any atom is 0.291 e. The summed E-state index contributed by atoms with van der Waals surface area (Å²) in [5.41, 5.74) is 2.81. The van der Waals surface area contributed by atoms with E-state index in [-0.39, 0.29) is 17.1 Å². The number of hydrogen-bond acceptors (Lipinski definition) is 4. The van der Waals surface area contributed by atoms with Gasteiger partial charge in [0.25, 0.3) is 5.91 Å². The topological polar surface area (TPSA) is 75.4 Å². The van der Waals surface area contributed by atoms with E-state index in [0.717, 1.165) is 16.5 Å². The number of rotatable bonds is 2. The molecule has 0 aliphatic heterocycles. The number of carbonyl (C=O) groups excluding carboxylic acids is 1. The summed E-state index contributed by atoms with van der Waals surface area (Å²) >= 11 is 0. The highest BCUT2D eigenvalue weighted by atomic mass is 16.4. The molecule has 1 atom stereocenters. The third kappa shape index (κ3) is 2.78. The highest BCUT2D eigenvalue weighted by molar-refractivity contribution is 6.07. The number of carbonyl (C=O) groups is 1. The molecule has 0 saturated carbocycles. The first-order valence-corrected chi connectivity index (χ1v) is 8.81. The van der Waals surface area contributed by atoms with Crippen LogP contribution < -0.4 is 5.32 Å². The van der Waals surface area contributed by atoms with Crippen molar-refractivity contribution in [2.24, 2.45) is 5.41 Å². The normalized spacial score (nSPS) is 18.5. The van der Waals surface area contributed by atoms with Crippen LogP contribution in [0.5, 0.6) is 0 Å². The number of aliphatic hydroxyl groups is 1. The van der Waals surface area contributed by atoms with E-state index < -0.39 is 6.10 Å². The number of fused-ring (bicyclic) bond motifs is 2. The summed E-state index contributed by atoms with van der Waals surface area (Å²) in [4.78, 5) is 17.2. The Bertz CT molecular complexity index is 998. The standard InChI is InChI=1S/C21H22N2O3/c1-12-17-15(24)10-21(2,3)11-16(17)26-19(12)20(25)23-14-8-4-6-13-7-5-9-22-18(13)14/h4-9,15,24H,10-11H2,1-3H3,(H,23,25). The zero-order valence-electron chi connectivity index (χ0n) is 15.2. The van der Waals surface area contributed by atoms with Gasteiger partial charge in [0.1, 0.15) is 5.76 Å². The fourth-order valence-corrected chi connectivity index (χ4v) is 3.89. The average molecular weight is 350 g/mol. The molecular weight excluding hydrogens is 328 g/mol. The minimum absolute atomic E-state index is 0.0516. The van der Waals surface area contributed by atoms with Crippen molar-refractivity contribution >= 4 is 22.5 Å². The molecule has 1 amide bonds. The van der Waals surface area contributed by atoms with E-state index >= 15 is 0 Å². The molecule has 0 radical (unpaired) electrons. The first kappa shape index (κ1) is 16.8. The van der Waals surface area contributed by atoms with Gasteiger partial charge in [0.2, 0.25) is 0 Å². The van der Waals surface area contributed by atoms with Crippen LogP contribution in [0.25, 0.3) is 10.9 Å². The van der Waals surface area contributed by atoms with E-state index in [4.69, 9.17) is 4.42 Å². The van der Waals surface area contributed by atoms with Gasteiger partial charge in [-0.1, -0.05) is 32.0 Å². The fourth-order valence-electron chi connectivity index (χ4n) is 3.89. The van der Waals surface area contributed by atoms with Crippen LogP contribution in [0.15, 0.2) is 40.9 Å². The predicted molar refractivity (Wildman–Crippen MR) is 100 cm³/mol. The molecule has 3 aromatic rings. The van der Waals surface area contributed by atoms with Gasteiger partial charge in [-0.2, -0.15) is 0 Å². The molecule has 1 aliphatic rings. The van der Waals surface area contributed by atoms with Gasteiger partial charge in [0, 0.05) is 29.1 Å². The number of hydrogen-bond donors (Lipinski definition) is 2. The van der Waals surface area contributed by atoms with E-state index in [1.807, 2.05) is 37.3 Å². The van der Waals surface area contributed by atoms with E-state index in [0.29, 0.717) is 29.9 Å². The summed E-state index contributed by atoms with van der Waals surface area (Å²) in [7, 11) is 0. The molecule has 1 unspecified atom stereocenters. The summed E-state index contributed by atoms with van der Waals surface area (Å²) in [6, 6.07) is 9.47. The Hall–Kier alpha value is -2.66. The molecule has 5 nitrogen and oxygen atoms in total. The van der Waals surface area contributed by atoms with Crippen LogP contribution >= 0.6 is 0 Å². The van der Waals surface area contributed by atoms with Crippen molar-refractivity contribution in [2.45, 2.75) is 39.7 Å². The van der Waals surface area contributed by atoms with Crippen molar-refractivity contribution in [2.75, 3.05) is 5.32 Å². The molecule has 134 valence electrons. The smallest absolute Gasteiger partial charge is 0.291 e. The number of pyridine rings is 1. The number of amides is 1. The van der Waals surface area contributed by atoms with E-state index in [1.165, 1.54) is 0 Å². The number of para-hydroxylation sites is 1. The van der Waals surface area contributed by atoms with Gasteiger partial charge < -0.3 is 14.8 Å². The number of furan rings is 1. The Balaban J connectivity index is 1.69. The van der Waals surface area contributed by atoms with Gasteiger partial charge in [-0.05, 0) is 30.9 Å². The van der Waals surface area contributed by atoms with Crippen LogP contribution in [-0.2, 0) is 6.42 Å². The molecule has 5 heteroatoms. The van der Waals surface area contributed by atoms with Crippen molar-refractivity contribution < 1.29 is 14.3 Å². The molecule has 4 rings (SSSR count). The monoisotopic (exact) mass is 350 g/mol. The van der Waals surface area contributed by atoms with Crippen molar-refractivity contribution in [3.8, 4) is 0 Å². The largest absolute Gasteiger partial charge is 0.455 e. The third-order valence-corrected chi connectivity index (χ3v) is 5.08. The number of benzene rings is 1. The molecule has 2 aromatic heterocycles. The Morgan fingerprint density at radius 3 is 2.88 bits per heavy atom. The lowest BCUT2D eigenvalue weighted by Gasteiger charge is -2.31. The second kappa shape index (κ2) is 5.95. The predicted octanol–water partition coefficient (Wildman–Crippen LogP) is 4.39. The highest BCUT2D eigenvalue weighted by Crippen LogP contribution is 2.44. The number of nitrogens with one attached hydrogen (secondary N) is 1. The minimum atomic E-state index is -0.599. The number of anilines is 1. The second-order valence-corrected chi connectivity index (χ2v) is 7.79. The summed E-state index contributed by atoms with van der Waals surface area (Å²) in [6.45, 7) is 6.03. The molecule has 0 saturated heterocycles. The van der Waals surface area contributed by atoms with Crippen LogP contribution in [0.4, 0.5) is 5.69 Å². The fraction of sp³-hybridized carbons (Fsp3) is 0.333. The lowest BCUT2D eigenvalue weighted by atomic mass is 9.75. The van der Waals surface area contributed by atoms with E-state index in [9.17, 15) is 9.90 Å². The minimum Gasteiger partial charge on any atom is -0.455 e. The van der Waals surface area contributed by atoms with Gasteiger partial charge in [0.15, 0.2) is 5.76 Å². The first-order chi connectivity index (χ1) is 12.4. The highest BCUT2D eigenvalue weighted by Gasteiger charge is 2.37. The summed E-state index contributed by atoms with van der Waals surface area (Å²) in [5, 5.41) is 14.4. The van der Waals surface area contributed by atoms with Gasteiger partial charge in [-0.15, -0.1) is 0 Å². The van der Waals surface area contributed by atoms with Gasteiger partial charge >= 0.3 is 0 Å². The molecular formula is C21H22N2O3. The Kier molecular flexibility index (Phi) is 3.84. The van der Waals surface area contributed by atoms with E-state index in [1.54, 1.807) is 6.20 Å². The van der Waals surface area contributed by atoms with Crippen molar-refractivity contribution in [1.82, 2.24) is 4.98 Å². The van der Waals surface area contributed by atoms with Crippen molar-refractivity contribution in [3.05, 3.63) is 59.2 Å². The van der Waals surface area contributed by atoms with Gasteiger partial charge in [-0.3, -0.25) is 9.78 Å². The molecule has 0 fully saturated rings. The van der Waals surface area contributed by atoms with Crippen LogP contribution in [0, 0.1) is 12.3 Å². The van der Waals surface area contributed by atoms with Crippen LogP contribution in [0.1, 0.15) is 53.8 Å². The summed E-state index contributed by atoms with van der Waals surface area (Å²) in [6.07, 6.45) is 2.48. The second-order valence-electron chi connectivity index (χ2n) is 7.79. The van der Waals surface area contributed by atoms with Gasteiger partial charge in [-0.25, -0.2) is 0 Å². The van der Waals surface area contributed by atoms with Gasteiger partial charge in [0.05, 0.1) is 17.3 Å². The van der Waals surface area contributed by atoms with Crippen molar-refractivity contribution in [1.29, 1.82) is 0 Å². The van der Waals surface area contributed by atoms with Crippen LogP contribution in [-0.4, -0.2) is 16.0 Å². The van der Waals surface area contributed by atoms with Crippen LogP contribution in [0.3, 0.4) is 0 Å². The molecule has 0 spiro atoms. The maximum absolute atomic E-state index is 12.9. The van der Waals surface area contributed by atoms with Crippen LogP contribution in [0.2, 0.25) is 0 Å². The zero-order chi connectivity index (χ0) is 18.5. The molecule has 26 heavy (non-hydrogen) atoms. The Morgan fingerprint density at radius 1 is 1.31 bits per heavy atom. The third-order valence-electron chi connectivity index (χ3n) is 5.08. The first-order valence-electron chi connectivity index (χ1n) is 8.81. The lowest BCUT2D eigenvalue weighted by molar-refractivity contribution is 0.0910. The zero-order valence-corrected chi connectivity index (χ0v) is 15.2.